The third kappa shape index (κ3) is 3.68. The number of hydrogen-bond donors (Lipinski definition) is 1. The van der Waals surface area contributed by atoms with Crippen molar-refractivity contribution in [3.8, 4) is 0 Å². The SMILES string of the molecule is CC(C)(C)OC(=O)N1CCCC(c2nc3c(Br)cccc3[nH]2)C1. The lowest BCUT2D eigenvalue weighted by molar-refractivity contribution is 0.0196. The van der Waals surface area contributed by atoms with E-state index >= 15 is 0 Å². The second-order valence-electron chi connectivity index (χ2n) is 7.02. The van der Waals surface area contributed by atoms with Crippen LogP contribution in [-0.2, 0) is 4.74 Å². The molecule has 3 rings (SSSR count). The summed E-state index contributed by atoms with van der Waals surface area (Å²) in [5, 5.41) is 0. The van der Waals surface area contributed by atoms with Crippen LogP contribution < -0.4 is 0 Å². The molecular formula is C17H22BrN3O2. The maximum absolute atomic E-state index is 12.3. The van der Waals surface area contributed by atoms with E-state index in [0.29, 0.717) is 6.54 Å². The highest BCUT2D eigenvalue weighted by Crippen LogP contribution is 2.29. The number of fused-ring (bicyclic) bond motifs is 1. The van der Waals surface area contributed by atoms with Gasteiger partial charge in [-0.2, -0.15) is 0 Å². The second kappa shape index (κ2) is 6.15. The number of imidazole rings is 1. The van der Waals surface area contributed by atoms with E-state index in [0.717, 1.165) is 40.7 Å². The molecular weight excluding hydrogens is 358 g/mol. The van der Waals surface area contributed by atoms with Gasteiger partial charge >= 0.3 is 6.09 Å². The topological polar surface area (TPSA) is 58.2 Å². The van der Waals surface area contributed by atoms with Gasteiger partial charge in [-0.3, -0.25) is 0 Å². The minimum Gasteiger partial charge on any atom is -0.444 e. The zero-order valence-corrected chi connectivity index (χ0v) is 15.3. The van der Waals surface area contributed by atoms with Crippen molar-refractivity contribution < 1.29 is 9.53 Å². The van der Waals surface area contributed by atoms with Crippen LogP contribution in [0.4, 0.5) is 4.79 Å². The molecule has 0 bridgehead atoms. The van der Waals surface area contributed by atoms with E-state index in [1.54, 1.807) is 4.90 Å². The molecule has 0 spiro atoms. The van der Waals surface area contributed by atoms with Crippen molar-refractivity contribution in [1.29, 1.82) is 0 Å². The van der Waals surface area contributed by atoms with Crippen molar-refractivity contribution in [2.24, 2.45) is 0 Å². The number of carbonyl (C=O) groups is 1. The number of aromatic nitrogens is 2. The van der Waals surface area contributed by atoms with Crippen LogP contribution >= 0.6 is 15.9 Å². The first-order chi connectivity index (χ1) is 10.8. The summed E-state index contributed by atoms with van der Waals surface area (Å²) in [5.41, 5.74) is 1.49. The zero-order valence-electron chi connectivity index (χ0n) is 13.7. The largest absolute Gasteiger partial charge is 0.444 e. The predicted molar refractivity (Wildman–Crippen MR) is 93.6 cm³/mol. The summed E-state index contributed by atoms with van der Waals surface area (Å²) in [6.45, 7) is 7.07. The molecule has 0 saturated carbocycles. The molecule has 1 N–H and O–H groups in total. The Labute approximate surface area is 144 Å². The van der Waals surface area contributed by atoms with Gasteiger partial charge in [0, 0.05) is 23.5 Å². The molecule has 2 heterocycles. The molecule has 1 aliphatic rings. The molecule has 1 atom stereocenters. The van der Waals surface area contributed by atoms with E-state index in [9.17, 15) is 4.79 Å². The van der Waals surface area contributed by atoms with Crippen molar-refractivity contribution in [2.75, 3.05) is 13.1 Å². The van der Waals surface area contributed by atoms with Gasteiger partial charge in [-0.15, -0.1) is 0 Å². The molecule has 1 unspecified atom stereocenters. The van der Waals surface area contributed by atoms with Gasteiger partial charge < -0.3 is 14.6 Å². The van der Waals surface area contributed by atoms with Crippen LogP contribution in [0.5, 0.6) is 0 Å². The third-order valence-corrected chi connectivity index (χ3v) is 4.58. The molecule has 1 aromatic carbocycles. The fourth-order valence-corrected chi connectivity index (χ4v) is 3.36. The fourth-order valence-electron chi connectivity index (χ4n) is 2.90. The lowest BCUT2D eigenvalue weighted by Crippen LogP contribution is -2.42. The van der Waals surface area contributed by atoms with Gasteiger partial charge in [-0.1, -0.05) is 6.07 Å². The van der Waals surface area contributed by atoms with Crippen molar-refractivity contribution in [2.45, 2.75) is 45.1 Å². The number of aromatic amines is 1. The molecule has 1 aliphatic heterocycles. The van der Waals surface area contributed by atoms with Gasteiger partial charge in [-0.05, 0) is 61.7 Å². The number of carbonyl (C=O) groups excluding carboxylic acids is 1. The number of para-hydroxylation sites is 1. The van der Waals surface area contributed by atoms with Crippen molar-refractivity contribution in [3.63, 3.8) is 0 Å². The Kier molecular flexibility index (Phi) is 4.36. The van der Waals surface area contributed by atoms with Crippen LogP contribution in [0.2, 0.25) is 0 Å². The number of likely N-dealkylation sites (tertiary alicyclic amines) is 1. The van der Waals surface area contributed by atoms with Crippen LogP contribution in [0.25, 0.3) is 11.0 Å². The Bertz CT molecular complexity index is 720. The number of halogens is 1. The average Bonchev–Trinajstić information content (AvgIpc) is 2.91. The van der Waals surface area contributed by atoms with Gasteiger partial charge in [0.2, 0.25) is 0 Å². The molecule has 1 aromatic heterocycles. The maximum Gasteiger partial charge on any atom is 0.410 e. The van der Waals surface area contributed by atoms with E-state index in [2.05, 4.69) is 20.9 Å². The molecule has 1 amide bonds. The molecule has 5 nitrogen and oxygen atoms in total. The summed E-state index contributed by atoms with van der Waals surface area (Å²) in [6.07, 6.45) is 1.75. The summed E-state index contributed by atoms with van der Waals surface area (Å²) in [7, 11) is 0. The number of amides is 1. The van der Waals surface area contributed by atoms with Crippen LogP contribution in [0.15, 0.2) is 22.7 Å². The molecule has 0 aliphatic carbocycles. The quantitative estimate of drug-likeness (QED) is 0.796. The van der Waals surface area contributed by atoms with Crippen molar-refractivity contribution in [1.82, 2.24) is 14.9 Å². The van der Waals surface area contributed by atoms with Crippen LogP contribution in [0, 0.1) is 0 Å². The normalized spacial score (nSPS) is 19.1. The second-order valence-corrected chi connectivity index (χ2v) is 7.88. The van der Waals surface area contributed by atoms with Gasteiger partial charge in [0.05, 0.1) is 5.52 Å². The Morgan fingerprint density at radius 2 is 2.22 bits per heavy atom. The minimum absolute atomic E-state index is 0.218. The molecule has 1 fully saturated rings. The van der Waals surface area contributed by atoms with E-state index in [4.69, 9.17) is 9.72 Å². The lowest BCUT2D eigenvalue weighted by atomic mass is 9.98. The molecule has 23 heavy (non-hydrogen) atoms. The Morgan fingerprint density at radius 1 is 1.43 bits per heavy atom. The fraction of sp³-hybridized carbons (Fsp3) is 0.529. The van der Waals surface area contributed by atoms with E-state index in [1.165, 1.54) is 0 Å². The summed E-state index contributed by atoms with van der Waals surface area (Å²) in [4.78, 5) is 22.2. The standard InChI is InChI=1S/C17H22BrN3O2/c1-17(2,3)23-16(22)21-9-5-6-11(10-21)15-19-13-8-4-7-12(18)14(13)20-15/h4,7-8,11H,5-6,9-10H2,1-3H3,(H,19,20). The number of benzene rings is 1. The van der Waals surface area contributed by atoms with Gasteiger partial charge in [0.1, 0.15) is 16.9 Å². The number of H-pyrrole nitrogens is 1. The number of ether oxygens (including phenoxy) is 1. The highest BCUT2D eigenvalue weighted by molar-refractivity contribution is 9.10. The summed E-state index contributed by atoms with van der Waals surface area (Å²) in [6, 6.07) is 5.99. The first-order valence-electron chi connectivity index (χ1n) is 7.95. The zero-order chi connectivity index (χ0) is 16.6. The number of piperidine rings is 1. The van der Waals surface area contributed by atoms with E-state index < -0.39 is 5.60 Å². The summed E-state index contributed by atoms with van der Waals surface area (Å²) in [5.74, 6) is 1.16. The van der Waals surface area contributed by atoms with Crippen molar-refractivity contribution >= 4 is 33.1 Å². The number of hydrogen-bond acceptors (Lipinski definition) is 3. The first-order valence-corrected chi connectivity index (χ1v) is 8.75. The highest BCUT2D eigenvalue weighted by Gasteiger charge is 2.29. The lowest BCUT2D eigenvalue weighted by Gasteiger charge is -2.33. The third-order valence-electron chi connectivity index (χ3n) is 3.94. The molecule has 2 aromatic rings. The first kappa shape index (κ1) is 16.3. The minimum atomic E-state index is -0.464. The van der Waals surface area contributed by atoms with Gasteiger partial charge in [0.25, 0.3) is 0 Å². The number of rotatable bonds is 1. The Balaban J connectivity index is 1.77. The highest BCUT2D eigenvalue weighted by atomic mass is 79.9. The van der Waals surface area contributed by atoms with Crippen LogP contribution in [-0.4, -0.2) is 39.7 Å². The number of nitrogens with one attached hydrogen (secondary N) is 1. The number of nitrogens with zero attached hydrogens (tertiary/aromatic N) is 2. The van der Waals surface area contributed by atoms with Gasteiger partial charge in [0.15, 0.2) is 0 Å². The molecule has 1 saturated heterocycles. The van der Waals surface area contributed by atoms with E-state index in [-0.39, 0.29) is 12.0 Å². The average molecular weight is 380 g/mol. The molecule has 0 radical (unpaired) electrons. The smallest absolute Gasteiger partial charge is 0.410 e. The Hall–Kier alpha value is -1.56. The summed E-state index contributed by atoms with van der Waals surface area (Å²) < 4.78 is 6.47. The van der Waals surface area contributed by atoms with E-state index in [1.807, 2.05) is 39.0 Å². The van der Waals surface area contributed by atoms with Crippen LogP contribution in [0.3, 0.4) is 0 Å². The Morgan fingerprint density at radius 3 is 2.91 bits per heavy atom. The maximum atomic E-state index is 12.3. The van der Waals surface area contributed by atoms with Crippen LogP contribution in [0.1, 0.15) is 45.4 Å². The predicted octanol–water partition coefficient (Wildman–Crippen LogP) is 4.44. The van der Waals surface area contributed by atoms with Crippen molar-refractivity contribution in [3.05, 3.63) is 28.5 Å². The molecule has 124 valence electrons. The molecule has 6 heteroatoms. The summed E-state index contributed by atoms with van der Waals surface area (Å²) >= 11 is 3.54. The van der Waals surface area contributed by atoms with Gasteiger partial charge in [-0.25, -0.2) is 9.78 Å². The monoisotopic (exact) mass is 379 g/mol.